The lowest BCUT2D eigenvalue weighted by Crippen LogP contribution is -2.35. The highest BCUT2D eigenvalue weighted by atomic mass is 127. The third-order valence-corrected chi connectivity index (χ3v) is 5.24. The van der Waals surface area contributed by atoms with E-state index in [-0.39, 0.29) is 5.57 Å². The van der Waals surface area contributed by atoms with Crippen LogP contribution in [0.15, 0.2) is 60.2 Å². The average molecular weight is 541 g/mol. The number of rotatable bonds is 7. The van der Waals surface area contributed by atoms with Crippen molar-refractivity contribution in [1.29, 1.82) is 5.26 Å². The fourth-order valence-electron chi connectivity index (χ4n) is 3.05. The highest BCUT2D eigenvalue weighted by Gasteiger charge is 2.15. The summed E-state index contributed by atoms with van der Waals surface area (Å²) in [6.07, 6.45) is 1.36. The highest BCUT2D eigenvalue weighted by Crippen LogP contribution is 2.35. The lowest BCUT2D eigenvalue weighted by Gasteiger charge is -2.15. The Morgan fingerprint density at radius 3 is 2.56 bits per heavy atom. The topological polar surface area (TPSA) is 114 Å². The van der Waals surface area contributed by atoms with Crippen molar-refractivity contribution in [2.45, 2.75) is 13.5 Å². The maximum absolute atomic E-state index is 11.9. The number of nitrogens with two attached hydrogens (primary N) is 1. The summed E-state index contributed by atoms with van der Waals surface area (Å²) < 4.78 is 12.6. The third kappa shape index (κ3) is 5.76. The molecule has 0 fully saturated rings. The number of carbonyl (C=O) groups excluding carboxylic acids is 2. The predicted octanol–water partition coefficient (Wildman–Crippen LogP) is 4.52. The van der Waals surface area contributed by atoms with Crippen LogP contribution in [0.3, 0.4) is 0 Å². The Labute approximate surface area is 198 Å². The molecule has 0 bridgehead atoms. The Balaban J connectivity index is 1.87. The van der Waals surface area contributed by atoms with E-state index in [0.717, 1.165) is 19.9 Å². The number of fused-ring (bicyclic) bond motifs is 1. The number of benzene rings is 3. The van der Waals surface area contributed by atoms with E-state index in [1.165, 1.54) is 6.08 Å². The van der Waals surface area contributed by atoms with Crippen LogP contribution in [0.4, 0.5) is 4.79 Å². The van der Waals surface area contributed by atoms with Gasteiger partial charge in [0.15, 0.2) is 11.5 Å². The zero-order valence-corrected chi connectivity index (χ0v) is 19.4. The maximum Gasteiger partial charge on any atom is 0.319 e. The smallest absolute Gasteiger partial charge is 0.319 e. The van der Waals surface area contributed by atoms with E-state index in [2.05, 4.69) is 46.9 Å². The molecule has 162 valence electrons. The molecule has 0 aliphatic heterocycles. The first-order chi connectivity index (χ1) is 15.4. The summed E-state index contributed by atoms with van der Waals surface area (Å²) in [4.78, 5) is 22.8. The zero-order chi connectivity index (χ0) is 23.1. The van der Waals surface area contributed by atoms with Crippen molar-refractivity contribution in [3.8, 4) is 17.6 Å². The molecule has 0 heterocycles. The molecule has 0 saturated heterocycles. The van der Waals surface area contributed by atoms with Crippen molar-refractivity contribution in [1.82, 2.24) is 5.32 Å². The van der Waals surface area contributed by atoms with Gasteiger partial charge < -0.3 is 15.2 Å². The maximum atomic E-state index is 11.9. The molecule has 3 aromatic rings. The molecule has 8 heteroatoms. The number of imide groups is 1. The Morgan fingerprint density at radius 2 is 1.88 bits per heavy atom. The van der Waals surface area contributed by atoms with Gasteiger partial charge in [-0.3, -0.25) is 10.1 Å². The first-order valence-electron chi connectivity index (χ1n) is 9.70. The van der Waals surface area contributed by atoms with Crippen LogP contribution < -0.4 is 20.5 Å². The molecule has 0 aliphatic carbocycles. The molecule has 0 atom stereocenters. The molecule has 3 amide bonds. The van der Waals surface area contributed by atoms with Crippen LogP contribution in [0.25, 0.3) is 16.8 Å². The number of amides is 3. The van der Waals surface area contributed by atoms with Crippen molar-refractivity contribution in [3.05, 3.63) is 74.9 Å². The van der Waals surface area contributed by atoms with Crippen LogP contribution in [0.5, 0.6) is 11.5 Å². The summed E-state index contributed by atoms with van der Waals surface area (Å²) in [5, 5.41) is 13.4. The van der Waals surface area contributed by atoms with Gasteiger partial charge in [-0.25, -0.2) is 4.79 Å². The van der Waals surface area contributed by atoms with E-state index in [4.69, 9.17) is 15.2 Å². The van der Waals surface area contributed by atoms with Gasteiger partial charge in [-0.2, -0.15) is 5.26 Å². The zero-order valence-electron chi connectivity index (χ0n) is 17.2. The van der Waals surface area contributed by atoms with Gasteiger partial charge in [0.1, 0.15) is 18.2 Å². The van der Waals surface area contributed by atoms with E-state index in [9.17, 15) is 14.9 Å². The third-order valence-electron chi connectivity index (χ3n) is 4.44. The minimum Gasteiger partial charge on any atom is -0.490 e. The number of hydrogen-bond acceptors (Lipinski definition) is 5. The van der Waals surface area contributed by atoms with Gasteiger partial charge in [0.25, 0.3) is 5.91 Å². The van der Waals surface area contributed by atoms with Crippen molar-refractivity contribution < 1.29 is 19.1 Å². The summed E-state index contributed by atoms with van der Waals surface area (Å²) >= 11 is 2.11. The van der Waals surface area contributed by atoms with Gasteiger partial charge in [0, 0.05) is 0 Å². The second kappa shape index (κ2) is 10.6. The number of carbonyl (C=O) groups is 2. The molecule has 3 aromatic carbocycles. The fourth-order valence-corrected chi connectivity index (χ4v) is 3.83. The van der Waals surface area contributed by atoms with E-state index in [1.54, 1.807) is 18.2 Å². The molecule has 3 rings (SSSR count). The first kappa shape index (κ1) is 23.1. The molecule has 0 saturated carbocycles. The standard InChI is InChI=1S/C24H20IN3O4/c1-2-31-21-12-16(10-19(13-26)23(29)28-24(27)30)11-20(25)22(21)32-14-15-7-8-17-5-3-4-6-18(17)9-15/h3-12H,2,14H2,1H3,(H3,27,28,29,30)/b19-10-. The SMILES string of the molecule is CCOc1cc(/C=C(/C#N)C(=O)NC(N)=O)cc(I)c1OCc1ccc2ccccc2c1. The Kier molecular flexibility index (Phi) is 7.68. The Morgan fingerprint density at radius 1 is 1.12 bits per heavy atom. The van der Waals surface area contributed by atoms with E-state index in [1.807, 2.05) is 30.4 Å². The quantitative estimate of drug-likeness (QED) is 0.259. The lowest BCUT2D eigenvalue weighted by atomic mass is 10.1. The number of urea groups is 1. The monoisotopic (exact) mass is 541 g/mol. The van der Waals surface area contributed by atoms with Gasteiger partial charge in [0.05, 0.1) is 10.2 Å². The highest BCUT2D eigenvalue weighted by molar-refractivity contribution is 14.1. The van der Waals surface area contributed by atoms with E-state index < -0.39 is 11.9 Å². The van der Waals surface area contributed by atoms with Gasteiger partial charge in [0.2, 0.25) is 0 Å². The summed E-state index contributed by atoms with van der Waals surface area (Å²) in [6, 6.07) is 18.4. The largest absolute Gasteiger partial charge is 0.490 e. The average Bonchev–Trinajstić information content (AvgIpc) is 2.76. The molecule has 0 radical (unpaired) electrons. The summed E-state index contributed by atoms with van der Waals surface area (Å²) in [7, 11) is 0. The fraction of sp³-hybridized carbons (Fsp3) is 0.125. The summed E-state index contributed by atoms with van der Waals surface area (Å²) in [5.41, 5.74) is 6.26. The second-order valence-corrected chi connectivity index (χ2v) is 7.88. The normalized spacial score (nSPS) is 11.0. The van der Waals surface area contributed by atoms with Gasteiger partial charge in [-0.05, 0) is 75.7 Å². The van der Waals surface area contributed by atoms with Crippen LogP contribution in [-0.4, -0.2) is 18.5 Å². The Hall–Kier alpha value is -3.58. The van der Waals surface area contributed by atoms with Gasteiger partial charge in [-0.1, -0.05) is 36.4 Å². The molecule has 7 nitrogen and oxygen atoms in total. The van der Waals surface area contributed by atoms with Crippen molar-refractivity contribution in [3.63, 3.8) is 0 Å². The van der Waals surface area contributed by atoms with Crippen molar-refractivity contribution in [2.75, 3.05) is 6.61 Å². The second-order valence-electron chi connectivity index (χ2n) is 6.72. The minimum absolute atomic E-state index is 0.258. The molecule has 0 aromatic heterocycles. The molecular formula is C24H20IN3O4. The number of nitrogens with zero attached hydrogens (tertiary/aromatic N) is 1. The number of ether oxygens (including phenoxy) is 2. The molecule has 0 unspecified atom stereocenters. The number of primary amides is 1. The molecular weight excluding hydrogens is 521 g/mol. The molecule has 0 aliphatic rings. The van der Waals surface area contributed by atoms with Crippen LogP contribution in [0.2, 0.25) is 0 Å². The van der Waals surface area contributed by atoms with Gasteiger partial charge in [-0.15, -0.1) is 0 Å². The van der Waals surface area contributed by atoms with Crippen LogP contribution >= 0.6 is 22.6 Å². The van der Waals surface area contributed by atoms with E-state index >= 15 is 0 Å². The molecule has 3 N–H and O–H groups in total. The van der Waals surface area contributed by atoms with Gasteiger partial charge >= 0.3 is 6.03 Å². The van der Waals surface area contributed by atoms with Crippen LogP contribution in [0.1, 0.15) is 18.1 Å². The first-order valence-corrected chi connectivity index (χ1v) is 10.8. The van der Waals surface area contributed by atoms with Crippen molar-refractivity contribution in [2.24, 2.45) is 5.73 Å². The number of halogens is 1. The van der Waals surface area contributed by atoms with Crippen LogP contribution in [-0.2, 0) is 11.4 Å². The predicted molar refractivity (Wildman–Crippen MR) is 130 cm³/mol. The number of nitriles is 1. The number of hydrogen-bond donors (Lipinski definition) is 2. The molecule has 0 spiro atoms. The summed E-state index contributed by atoms with van der Waals surface area (Å²) in [5.74, 6) is 0.182. The summed E-state index contributed by atoms with van der Waals surface area (Å²) in [6.45, 7) is 2.60. The molecule has 32 heavy (non-hydrogen) atoms. The van der Waals surface area contributed by atoms with Crippen molar-refractivity contribution >= 4 is 51.4 Å². The van der Waals surface area contributed by atoms with Crippen LogP contribution in [0, 0.1) is 14.9 Å². The Bertz CT molecular complexity index is 1250. The number of nitrogens with one attached hydrogen (secondary N) is 1. The van der Waals surface area contributed by atoms with E-state index in [0.29, 0.717) is 30.3 Å². The minimum atomic E-state index is -1.03. The lowest BCUT2D eigenvalue weighted by molar-refractivity contribution is -0.115.